The van der Waals surface area contributed by atoms with Crippen molar-refractivity contribution in [1.82, 2.24) is 9.88 Å². The van der Waals surface area contributed by atoms with E-state index in [1.165, 1.54) is 16.9 Å². The fraction of sp³-hybridized carbons (Fsp3) is 0.310. The zero-order chi connectivity index (χ0) is 27.4. The standard InChI is InChI=1S/C29H34N4O3S2.ClH/c1-6-32(7-2)16-17-33(29-30-26-18-21(4)22(5)19-27(26)37-29)28(34)24-10-8-9-11-25(24)31-38(35,36)23-14-12-20(3)13-15-23;/h8-15,18-19,31H,6-7,16-17H2,1-5H3;1H. The van der Waals surface area contributed by atoms with E-state index >= 15 is 0 Å². The van der Waals surface area contributed by atoms with Crippen LogP contribution in [0, 0.1) is 20.8 Å². The van der Waals surface area contributed by atoms with Gasteiger partial charge in [0.2, 0.25) is 0 Å². The van der Waals surface area contributed by atoms with E-state index in [0.29, 0.717) is 18.2 Å². The van der Waals surface area contributed by atoms with Crippen molar-refractivity contribution in [3.8, 4) is 0 Å². The smallest absolute Gasteiger partial charge is 0.262 e. The van der Waals surface area contributed by atoms with Gasteiger partial charge in [0.15, 0.2) is 5.13 Å². The van der Waals surface area contributed by atoms with Gasteiger partial charge in [-0.25, -0.2) is 13.4 Å². The van der Waals surface area contributed by atoms with Gasteiger partial charge in [0.05, 0.1) is 26.4 Å². The SMILES string of the molecule is CCN(CC)CCN(C(=O)c1ccccc1NS(=O)(=O)c1ccc(C)cc1)c1nc2cc(C)c(C)cc2s1.Cl. The summed E-state index contributed by atoms with van der Waals surface area (Å²) in [6.07, 6.45) is 0. The largest absolute Gasteiger partial charge is 0.302 e. The van der Waals surface area contributed by atoms with Crippen LogP contribution in [0.25, 0.3) is 10.2 Å². The molecule has 0 saturated heterocycles. The molecule has 0 radical (unpaired) electrons. The molecule has 208 valence electrons. The zero-order valence-corrected chi connectivity index (χ0v) is 25.3. The lowest BCUT2D eigenvalue weighted by molar-refractivity contribution is 0.0984. The molecule has 0 aliphatic heterocycles. The Bertz CT molecular complexity index is 1510. The Morgan fingerprint density at radius 1 is 0.923 bits per heavy atom. The summed E-state index contributed by atoms with van der Waals surface area (Å²) in [4.78, 5) is 22.9. The minimum Gasteiger partial charge on any atom is -0.302 e. The molecule has 3 aromatic carbocycles. The fourth-order valence-electron chi connectivity index (χ4n) is 4.17. The lowest BCUT2D eigenvalue weighted by Gasteiger charge is -2.25. The third kappa shape index (κ3) is 6.97. The van der Waals surface area contributed by atoms with Gasteiger partial charge in [0.25, 0.3) is 15.9 Å². The lowest BCUT2D eigenvalue weighted by atomic mass is 10.1. The number of hydrogen-bond donors (Lipinski definition) is 1. The Hall–Kier alpha value is -2.98. The summed E-state index contributed by atoms with van der Waals surface area (Å²) in [6.45, 7) is 13.0. The van der Waals surface area contributed by atoms with Gasteiger partial charge in [-0.3, -0.25) is 14.4 Å². The Morgan fingerprint density at radius 3 is 2.23 bits per heavy atom. The summed E-state index contributed by atoms with van der Waals surface area (Å²) in [6, 6.07) is 17.5. The molecule has 4 aromatic rings. The predicted molar refractivity (Wildman–Crippen MR) is 164 cm³/mol. The van der Waals surface area contributed by atoms with E-state index in [-0.39, 0.29) is 34.5 Å². The predicted octanol–water partition coefficient (Wildman–Crippen LogP) is 6.43. The molecule has 1 amide bonds. The van der Waals surface area contributed by atoms with Crippen molar-refractivity contribution in [2.24, 2.45) is 0 Å². The number of carbonyl (C=O) groups excluding carboxylic acids is 1. The van der Waals surface area contributed by atoms with Gasteiger partial charge in [0.1, 0.15) is 0 Å². The van der Waals surface area contributed by atoms with Crippen molar-refractivity contribution in [1.29, 1.82) is 0 Å². The van der Waals surface area contributed by atoms with Gasteiger partial charge in [-0.15, -0.1) is 12.4 Å². The van der Waals surface area contributed by atoms with Crippen LogP contribution < -0.4 is 9.62 Å². The third-order valence-electron chi connectivity index (χ3n) is 6.74. The highest BCUT2D eigenvalue weighted by Gasteiger charge is 2.26. The van der Waals surface area contributed by atoms with Gasteiger partial charge in [0, 0.05) is 13.1 Å². The van der Waals surface area contributed by atoms with E-state index in [2.05, 4.69) is 36.5 Å². The van der Waals surface area contributed by atoms with Crippen LogP contribution in [-0.2, 0) is 10.0 Å². The van der Waals surface area contributed by atoms with Crippen LogP contribution in [0.2, 0.25) is 0 Å². The molecule has 0 fully saturated rings. The summed E-state index contributed by atoms with van der Waals surface area (Å²) in [5.41, 5.74) is 4.63. The number of amides is 1. The molecular formula is C29H35ClN4O3S2. The zero-order valence-electron chi connectivity index (χ0n) is 22.9. The molecule has 39 heavy (non-hydrogen) atoms. The topological polar surface area (TPSA) is 82.6 Å². The van der Waals surface area contributed by atoms with Crippen molar-refractivity contribution in [3.05, 3.63) is 82.9 Å². The second-order valence-corrected chi connectivity index (χ2v) is 12.0. The Labute approximate surface area is 241 Å². The van der Waals surface area contributed by atoms with E-state index in [1.54, 1.807) is 53.4 Å². The normalized spacial score (nSPS) is 11.4. The van der Waals surface area contributed by atoms with E-state index in [9.17, 15) is 13.2 Å². The number of aryl methyl sites for hydroxylation is 3. The summed E-state index contributed by atoms with van der Waals surface area (Å²) in [5.74, 6) is -0.299. The molecule has 1 N–H and O–H groups in total. The molecule has 0 aliphatic carbocycles. The number of halogens is 1. The number of sulfonamides is 1. The van der Waals surface area contributed by atoms with Crippen LogP contribution in [0.5, 0.6) is 0 Å². The second kappa shape index (κ2) is 12.9. The van der Waals surface area contributed by atoms with Crippen molar-refractivity contribution in [2.45, 2.75) is 39.5 Å². The molecule has 0 saturated carbocycles. The highest BCUT2D eigenvalue weighted by molar-refractivity contribution is 7.92. The van der Waals surface area contributed by atoms with E-state index in [0.717, 1.165) is 34.4 Å². The quantitative estimate of drug-likeness (QED) is 0.231. The highest BCUT2D eigenvalue weighted by Crippen LogP contribution is 2.32. The lowest BCUT2D eigenvalue weighted by Crippen LogP contribution is -2.39. The van der Waals surface area contributed by atoms with Crippen molar-refractivity contribution < 1.29 is 13.2 Å². The number of nitrogens with zero attached hydrogens (tertiary/aromatic N) is 3. The van der Waals surface area contributed by atoms with Crippen LogP contribution in [0.1, 0.15) is 40.9 Å². The van der Waals surface area contributed by atoms with Crippen LogP contribution in [0.4, 0.5) is 10.8 Å². The van der Waals surface area contributed by atoms with Gasteiger partial charge >= 0.3 is 0 Å². The summed E-state index contributed by atoms with van der Waals surface area (Å²) in [5, 5.41) is 0.596. The number of rotatable bonds is 10. The number of carbonyl (C=O) groups is 1. The van der Waals surface area contributed by atoms with Crippen LogP contribution in [0.3, 0.4) is 0 Å². The summed E-state index contributed by atoms with van der Waals surface area (Å²) < 4.78 is 29.9. The first-order chi connectivity index (χ1) is 18.1. The number of thiazole rings is 1. The summed E-state index contributed by atoms with van der Waals surface area (Å²) in [7, 11) is -3.88. The first-order valence-electron chi connectivity index (χ1n) is 12.7. The van der Waals surface area contributed by atoms with Crippen molar-refractivity contribution >= 4 is 60.7 Å². The molecule has 4 rings (SSSR count). The second-order valence-electron chi connectivity index (χ2n) is 9.35. The minimum absolute atomic E-state index is 0. The van der Waals surface area contributed by atoms with Crippen molar-refractivity contribution in [3.63, 3.8) is 0 Å². The molecular weight excluding hydrogens is 552 g/mol. The molecule has 1 heterocycles. The number of anilines is 2. The number of para-hydroxylation sites is 1. The molecule has 0 bridgehead atoms. The van der Waals surface area contributed by atoms with E-state index in [4.69, 9.17) is 4.98 Å². The molecule has 7 nitrogen and oxygen atoms in total. The molecule has 0 unspecified atom stereocenters. The highest BCUT2D eigenvalue weighted by atomic mass is 35.5. The number of aromatic nitrogens is 1. The first kappa shape index (κ1) is 30.6. The van der Waals surface area contributed by atoms with Gasteiger partial charge in [-0.1, -0.05) is 55.0 Å². The number of benzene rings is 3. The Morgan fingerprint density at radius 2 is 1.56 bits per heavy atom. The number of hydrogen-bond acceptors (Lipinski definition) is 6. The Balaban J connectivity index is 0.00000420. The number of nitrogens with one attached hydrogen (secondary N) is 1. The van der Waals surface area contributed by atoms with Crippen LogP contribution >= 0.6 is 23.7 Å². The number of likely N-dealkylation sites (N-methyl/N-ethyl adjacent to an activating group) is 1. The molecule has 0 aliphatic rings. The average Bonchev–Trinajstić information content (AvgIpc) is 3.29. The molecule has 0 spiro atoms. The van der Waals surface area contributed by atoms with Gasteiger partial charge < -0.3 is 4.90 Å². The number of fused-ring (bicyclic) bond motifs is 1. The fourth-order valence-corrected chi connectivity index (χ4v) is 6.32. The van der Waals surface area contributed by atoms with Crippen molar-refractivity contribution in [2.75, 3.05) is 35.8 Å². The van der Waals surface area contributed by atoms with Crippen LogP contribution in [-0.4, -0.2) is 50.4 Å². The van der Waals surface area contributed by atoms with Gasteiger partial charge in [-0.2, -0.15) is 0 Å². The minimum atomic E-state index is -3.88. The maximum absolute atomic E-state index is 14.1. The van der Waals surface area contributed by atoms with E-state index in [1.807, 2.05) is 19.9 Å². The maximum Gasteiger partial charge on any atom is 0.262 e. The van der Waals surface area contributed by atoms with Gasteiger partial charge in [-0.05, 0) is 81.4 Å². The average molecular weight is 587 g/mol. The third-order valence-corrected chi connectivity index (χ3v) is 9.16. The monoisotopic (exact) mass is 586 g/mol. The van der Waals surface area contributed by atoms with E-state index < -0.39 is 10.0 Å². The molecule has 1 aromatic heterocycles. The maximum atomic E-state index is 14.1. The molecule has 10 heteroatoms. The summed E-state index contributed by atoms with van der Waals surface area (Å²) >= 11 is 1.47. The van der Waals surface area contributed by atoms with Crippen LogP contribution in [0.15, 0.2) is 65.6 Å². The Kier molecular flexibility index (Phi) is 10.1. The first-order valence-corrected chi connectivity index (χ1v) is 15.0. The molecule has 0 atom stereocenters.